The average molecular weight is 167 g/mol. The Balaban J connectivity index is 2.89. The van der Waals surface area contributed by atoms with Crippen LogP contribution in [0, 0.1) is 10.1 Å². The van der Waals surface area contributed by atoms with Gasteiger partial charge in [0, 0.05) is 0 Å². The summed E-state index contributed by atoms with van der Waals surface area (Å²) in [6.45, 7) is 0. The first-order chi connectivity index (χ1) is 5.70. The van der Waals surface area contributed by atoms with Gasteiger partial charge < -0.3 is 15.2 Å². The van der Waals surface area contributed by atoms with Crippen molar-refractivity contribution >= 4 is 5.69 Å². The Labute approximate surface area is 67.3 Å². The maximum atomic E-state index is 9.75. The van der Waals surface area contributed by atoms with Gasteiger partial charge in [0.05, 0.1) is 10.1 Å². The molecule has 12 heavy (non-hydrogen) atoms. The minimum absolute atomic E-state index is 0.0780. The van der Waals surface area contributed by atoms with Gasteiger partial charge in [0.1, 0.15) is 0 Å². The van der Waals surface area contributed by atoms with Gasteiger partial charge in [0.15, 0.2) is 11.0 Å². The third-order valence-electron chi connectivity index (χ3n) is 1.11. The van der Waals surface area contributed by atoms with Crippen LogP contribution in [0.15, 0.2) is 34.6 Å². The van der Waals surface area contributed by atoms with E-state index < -0.39 is 5.03 Å². The van der Waals surface area contributed by atoms with Crippen molar-refractivity contribution < 1.29 is 10.1 Å². The zero-order valence-electron chi connectivity index (χ0n) is 5.91. The van der Waals surface area contributed by atoms with Gasteiger partial charge in [-0.3, -0.25) is 0 Å². The van der Waals surface area contributed by atoms with Crippen molar-refractivity contribution in [3.05, 3.63) is 34.4 Å². The summed E-state index contributed by atoms with van der Waals surface area (Å²) < 4.78 is 0. The van der Waals surface area contributed by atoms with Gasteiger partial charge in [-0.15, -0.1) is 0 Å². The summed E-state index contributed by atoms with van der Waals surface area (Å²) in [6, 6.07) is 5.96. The van der Waals surface area contributed by atoms with Crippen LogP contribution >= 0.6 is 0 Å². The van der Waals surface area contributed by atoms with Crippen molar-refractivity contribution in [2.45, 2.75) is 0 Å². The van der Waals surface area contributed by atoms with Crippen molar-refractivity contribution in [2.75, 3.05) is 0 Å². The second-order valence-corrected chi connectivity index (χ2v) is 1.92. The van der Waals surface area contributed by atoms with Crippen LogP contribution in [0.25, 0.3) is 0 Å². The van der Waals surface area contributed by atoms with E-state index in [1.807, 2.05) is 0 Å². The Morgan fingerprint density at radius 1 is 1.42 bits per heavy atom. The van der Waals surface area contributed by atoms with Crippen LogP contribution in [0.4, 0.5) is 5.69 Å². The zero-order chi connectivity index (χ0) is 8.97. The Hall–Kier alpha value is -1.98. The molecule has 0 saturated heterocycles. The van der Waals surface area contributed by atoms with E-state index in [2.05, 4.69) is 10.3 Å². The molecule has 1 rings (SSSR count). The van der Waals surface area contributed by atoms with Crippen molar-refractivity contribution in [1.82, 2.24) is 0 Å². The molecule has 0 heterocycles. The third-order valence-corrected chi connectivity index (χ3v) is 1.11. The molecule has 62 valence electrons. The minimum atomic E-state index is -0.938. The molecule has 1 N–H and O–H groups in total. The Morgan fingerprint density at radius 2 is 2.08 bits per heavy atom. The molecule has 1 aromatic rings. The van der Waals surface area contributed by atoms with Gasteiger partial charge in [-0.05, 0) is 12.1 Å². The number of nitro groups is 1. The molecule has 0 aliphatic heterocycles. The monoisotopic (exact) mass is 167 g/mol. The van der Waals surface area contributed by atoms with Crippen molar-refractivity contribution in [2.24, 2.45) is 10.3 Å². The van der Waals surface area contributed by atoms with Crippen LogP contribution in [-0.2, 0) is 0 Å². The molecular formula is C6H5N3O3. The molecule has 0 aliphatic rings. The van der Waals surface area contributed by atoms with E-state index >= 15 is 0 Å². The number of hydrogen-bond acceptors (Lipinski definition) is 4. The summed E-state index contributed by atoms with van der Waals surface area (Å²) in [5.74, 6) is -0.136. The molecular weight excluding hydrogens is 162 g/mol. The summed E-state index contributed by atoms with van der Waals surface area (Å²) in [5.41, 5.74) is 0.0780. The predicted molar refractivity (Wildman–Crippen MR) is 39.6 cm³/mol. The second kappa shape index (κ2) is 3.42. The van der Waals surface area contributed by atoms with Gasteiger partial charge >= 0.3 is 0 Å². The number of benzene rings is 1. The van der Waals surface area contributed by atoms with Crippen molar-refractivity contribution in [3.8, 4) is 5.75 Å². The van der Waals surface area contributed by atoms with Crippen LogP contribution in [0.3, 0.4) is 0 Å². The number of phenols is 1. The molecule has 0 aliphatic carbocycles. The van der Waals surface area contributed by atoms with Crippen LogP contribution in [-0.4, -0.2) is 10.1 Å². The second-order valence-electron chi connectivity index (χ2n) is 1.92. The number of nitrogens with zero attached hydrogens (tertiary/aromatic N) is 3. The molecule has 0 amide bonds. The normalized spacial score (nSPS) is 10.3. The lowest BCUT2D eigenvalue weighted by atomic mass is 10.3. The molecule has 0 radical (unpaired) electrons. The van der Waals surface area contributed by atoms with Gasteiger partial charge in [-0.2, -0.15) is 0 Å². The largest absolute Gasteiger partial charge is 0.504 e. The molecule has 1 aromatic carbocycles. The summed E-state index contributed by atoms with van der Waals surface area (Å²) in [7, 11) is 0. The Bertz CT molecular complexity index is 324. The summed E-state index contributed by atoms with van der Waals surface area (Å²) in [6.07, 6.45) is 0. The zero-order valence-corrected chi connectivity index (χ0v) is 5.91. The predicted octanol–water partition coefficient (Wildman–Crippen LogP) is 1.67. The SMILES string of the molecule is O=[N+]([O-])/N=N/c1ccccc1O. The van der Waals surface area contributed by atoms with E-state index in [1.165, 1.54) is 12.1 Å². The summed E-state index contributed by atoms with van der Waals surface area (Å²) in [5, 5.41) is 23.7. The molecule has 0 fully saturated rings. The first kappa shape index (κ1) is 8.12. The highest BCUT2D eigenvalue weighted by Crippen LogP contribution is 2.24. The average Bonchev–Trinajstić information content (AvgIpc) is 2.03. The van der Waals surface area contributed by atoms with E-state index in [0.717, 1.165) is 0 Å². The molecule has 0 unspecified atom stereocenters. The first-order valence-corrected chi connectivity index (χ1v) is 3.04. The quantitative estimate of drug-likeness (QED) is 0.412. The maximum absolute atomic E-state index is 9.75. The van der Waals surface area contributed by atoms with E-state index in [0.29, 0.717) is 0 Å². The maximum Gasteiger partial charge on any atom is 0.244 e. The van der Waals surface area contributed by atoms with E-state index in [9.17, 15) is 10.1 Å². The third kappa shape index (κ3) is 2.01. The first-order valence-electron chi connectivity index (χ1n) is 3.04. The number of rotatable bonds is 2. The van der Waals surface area contributed by atoms with Gasteiger partial charge in [-0.1, -0.05) is 12.1 Å². The summed E-state index contributed by atoms with van der Waals surface area (Å²) >= 11 is 0. The molecule has 0 aromatic heterocycles. The molecule has 6 heteroatoms. The topological polar surface area (TPSA) is 88.1 Å². The van der Waals surface area contributed by atoms with Gasteiger partial charge in [0.2, 0.25) is 5.69 Å². The van der Waals surface area contributed by atoms with E-state index in [4.69, 9.17) is 5.11 Å². The van der Waals surface area contributed by atoms with Crippen LogP contribution in [0.1, 0.15) is 0 Å². The molecule has 0 saturated carbocycles. The molecule has 6 nitrogen and oxygen atoms in total. The highest BCUT2D eigenvalue weighted by Gasteiger charge is 2.03. The highest BCUT2D eigenvalue weighted by atomic mass is 16.7. The van der Waals surface area contributed by atoms with E-state index in [-0.39, 0.29) is 11.4 Å². The minimum Gasteiger partial charge on any atom is -0.504 e. The lowest BCUT2D eigenvalue weighted by Gasteiger charge is -1.87. The van der Waals surface area contributed by atoms with Gasteiger partial charge in [-0.25, -0.2) is 0 Å². The van der Waals surface area contributed by atoms with E-state index in [1.54, 1.807) is 12.1 Å². The lowest BCUT2D eigenvalue weighted by Crippen LogP contribution is -1.80. The fourth-order valence-electron chi connectivity index (χ4n) is 0.633. The smallest absolute Gasteiger partial charge is 0.244 e. The summed E-state index contributed by atoms with van der Waals surface area (Å²) in [4.78, 5) is 9.75. The molecule has 0 bridgehead atoms. The van der Waals surface area contributed by atoms with Crippen LogP contribution in [0.2, 0.25) is 0 Å². The van der Waals surface area contributed by atoms with Crippen molar-refractivity contribution in [3.63, 3.8) is 0 Å². The Morgan fingerprint density at radius 3 is 2.67 bits per heavy atom. The lowest BCUT2D eigenvalue weighted by molar-refractivity contribution is -0.493. The number of phenolic OH excluding ortho intramolecular Hbond substituents is 1. The standard InChI is InChI=1S/C6H5N3O3/c10-6-4-2-1-3-5(6)7-8-9(11)12/h1-4,10H/b8-7+. The van der Waals surface area contributed by atoms with Gasteiger partial charge in [0.25, 0.3) is 0 Å². The van der Waals surface area contributed by atoms with Crippen LogP contribution in [0.5, 0.6) is 5.75 Å². The molecule has 0 atom stereocenters. The van der Waals surface area contributed by atoms with Crippen LogP contribution < -0.4 is 0 Å². The number of hydrogen-bond donors (Lipinski definition) is 1. The Kier molecular flexibility index (Phi) is 2.32. The number of para-hydroxylation sites is 1. The van der Waals surface area contributed by atoms with Crippen molar-refractivity contribution in [1.29, 1.82) is 0 Å². The molecule has 0 spiro atoms. The fourth-order valence-corrected chi connectivity index (χ4v) is 0.633. The number of aromatic hydroxyl groups is 1. The highest BCUT2D eigenvalue weighted by molar-refractivity contribution is 5.49. The fraction of sp³-hybridized carbons (Fsp3) is 0.